The van der Waals surface area contributed by atoms with Crippen LogP contribution in [0.25, 0.3) is 0 Å². The first-order valence-electron chi connectivity index (χ1n) is 8.28. The first kappa shape index (κ1) is 18.1. The summed E-state index contributed by atoms with van der Waals surface area (Å²) in [6.45, 7) is 1.48. The topological polar surface area (TPSA) is 61.9 Å². The maximum absolute atomic E-state index is 12.5. The number of carbonyl (C=O) groups is 2. The van der Waals surface area contributed by atoms with Crippen molar-refractivity contribution in [2.45, 2.75) is 6.54 Å². The molecule has 1 aliphatic heterocycles. The van der Waals surface area contributed by atoms with Crippen LogP contribution in [0.4, 0.5) is 10.5 Å². The number of nitrogens with zero attached hydrogens (tertiary/aromatic N) is 2. The predicted octanol–water partition coefficient (Wildman–Crippen LogP) is 2.91. The van der Waals surface area contributed by atoms with E-state index in [0.717, 1.165) is 17.0 Å². The van der Waals surface area contributed by atoms with Crippen molar-refractivity contribution in [3.8, 4) is 5.75 Å². The second-order valence-corrected chi connectivity index (χ2v) is 6.40. The largest absolute Gasteiger partial charge is 0.497 e. The lowest BCUT2D eigenvalue weighted by atomic mass is 10.2. The van der Waals surface area contributed by atoms with Crippen LogP contribution in [-0.2, 0) is 11.3 Å². The third-order valence-electron chi connectivity index (χ3n) is 4.19. The number of hydrogen-bond acceptors (Lipinski definition) is 3. The Labute approximate surface area is 157 Å². The Hall–Kier alpha value is -2.73. The second kappa shape index (κ2) is 8.10. The summed E-state index contributed by atoms with van der Waals surface area (Å²) in [4.78, 5) is 27.9. The summed E-state index contributed by atoms with van der Waals surface area (Å²) in [6.07, 6.45) is 0. The summed E-state index contributed by atoms with van der Waals surface area (Å²) in [5, 5.41) is 3.46. The molecule has 0 aliphatic carbocycles. The summed E-state index contributed by atoms with van der Waals surface area (Å²) in [5.41, 5.74) is 1.71. The zero-order valence-electron chi connectivity index (χ0n) is 14.4. The van der Waals surface area contributed by atoms with E-state index in [1.54, 1.807) is 36.3 Å². The minimum Gasteiger partial charge on any atom is -0.497 e. The van der Waals surface area contributed by atoms with Gasteiger partial charge in [0.25, 0.3) is 0 Å². The van der Waals surface area contributed by atoms with Crippen LogP contribution in [-0.4, -0.2) is 43.6 Å². The Morgan fingerprint density at radius 1 is 1.19 bits per heavy atom. The number of nitrogens with one attached hydrogen (secondary N) is 1. The highest BCUT2D eigenvalue weighted by Crippen LogP contribution is 2.22. The normalized spacial score (nSPS) is 13.8. The number of carbonyl (C=O) groups excluding carboxylic acids is 2. The van der Waals surface area contributed by atoms with E-state index in [0.29, 0.717) is 24.7 Å². The molecule has 1 aliphatic rings. The SMILES string of the molecule is COc1cccc(CNC(=O)CN2CCN(c3ccc(Cl)cc3)C2=O)c1. The van der Waals surface area contributed by atoms with Crippen molar-refractivity contribution >= 4 is 29.2 Å². The fourth-order valence-electron chi connectivity index (χ4n) is 2.80. The van der Waals surface area contributed by atoms with Crippen LogP contribution >= 0.6 is 11.6 Å². The number of ether oxygens (including phenoxy) is 1. The Bertz CT molecular complexity index is 795. The highest BCUT2D eigenvalue weighted by Gasteiger charge is 2.30. The van der Waals surface area contributed by atoms with Crippen molar-refractivity contribution in [2.24, 2.45) is 0 Å². The van der Waals surface area contributed by atoms with Gasteiger partial charge >= 0.3 is 6.03 Å². The minimum absolute atomic E-state index is 0.0346. The molecular weight excluding hydrogens is 354 g/mol. The van der Waals surface area contributed by atoms with Gasteiger partial charge in [-0.3, -0.25) is 9.69 Å². The van der Waals surface area contributed by atoms with Gasteiger partial charge in [0.2, 0.25) is 5.91 Å². The number of halogens is 1. The molecule has 0 bridgehead atoms. The van der Waals surface area contributed by atoms with Gasteiger partial charge < -0.3 is 15.0 Å². The monoisotopic (exact) mass is 373 g/mol. The summed E-state index contributed by atoms with van der Waals surface area (Å²) < 4.78 is 5.17. The van der Waals surface area contributed by atoms with Crippen molar-refractivity contribution in [2.75, 3.05) is 31.6 Å². The molecule has 0 saturated carbocycles. The van der Waals surface area contributed by atoms with Gasteiger partial charge in [-0.05, 0) is 42.0 Å². The molecule has 3 rings (SSSR count). The van der Waals surface area contributed by atoms with E-state index in [1.807, 2.05) is 24.3 Å². The van der Waals surface area contributed by atoms with E-state index in [4.69, 9.17) is 16.3 Å². The van der Waals surface area contributed by atoms with Gasteiger partial charge in [-0.1, -0.05) is 23.7 Å². The minimum atomic E-state index is -0.195. The lowest BCUT2D eigenvalue weighted by Gasteiger charge is -2.18. The van der Waals surface area contributed by atoms with E-state index in [-0.39, 0.29) is 18.5 Å². The number of benzene rings is 2. The standard InChI is InChI=1S/C19H20ClN3O3/c1-26-17-4-2-3-14(11-17)12-21-18(24)13-22-9-10-23(19(22)25)16-7-5-15(20)6-8-16/h2-8,11H,9-10,12-13H2,1H3,(H,21,24). The summed E-state index contributed by atoms with van der Waals surface area (Å²) in [6, 6.07) is 14.4. The fraction of sp³-hybridized carbons (Fsp3) is 0.263. The van der Waals surface area contributed by atoms with E-state index in [2.05, 4.69) is 5.32 Å². The molecule has 0 spiro atoms. The molecule has 1 saturated heterocycles. The van der Waals surface area contributed by atoms with Crippen LogP contribution in [0.1, 0.15) is 5.56 Å². The number of rotatable bonds is 6. The van der Waals surface area contributed by atoms with E-state index in [9.17, 15) is 9.59 Å². The van der Waals surface area contributed by atoms with Gasteiger partial charge in [0, 0.05) is 30.3 Å². The van der Waals surface area contributed by atoms with Crippen molar-refractivity contribution in [1.82, 2.24) is 10.2 Å². The van der Waals surface area contributed by atoms with E-state index in [1.165, 1.54) is 4.90 Å². The summed E-state index contributed by atoms with van der Waals surface area (Å²) in [7, 11) is 1.60. The number of hydrogen-bond donors (Lipinski definition) is 1. The fourth-order valence-corrected chi connectivity index (χ4v) is 2.93. The van der Waals surface area contributed by atoms with Gasteiger partial charge in [-0.25, -0.2) is 4.79 Å². The molecule has 1 N–H and O–H groups in total. The first-order valence-corrected chi connectivity index (χ1v) is 8.66. The molecule has 0 atom stereocenters. The van der Waals surface area contributed by atoms with Crippen molar-refractivity contribution in [1.29, 1.82) is 0 Å². The molecule has 2 aromatic carbocycles. The zero-order chi connectivity index (χ0) is 18.5. The third kappa shape index (κ3) is 4.26. The molecule has 136 valence electrons. The molecule has 1 fully saturated rings. The lowest BCUT2D eigenvalue weighted by Crippen LogP contribution is -2.39. The third-order valence-corrected chi connectivity index (χ3v) is 4.44. The summed E-state index contributed by atoms with van der Waals surface area (Å²) in [5.74, 6) is 0.546. The van der Waals surface area contributed by atoms with Crippen LogP contribution in [0.2, 0.25) is 5.02 Å². The highest BCUT2D eigenvalue weighted by atomic mass is 35.5. The Morgan fingerprint density at radius 2 is 1.96 bits per heavy atom. The first-order chi connectivity index (χ1) is 12.6. The number of urea groups is 1. The zero-order valence-corrected chi connectivity index (χ0v) is 15.2. The van der Waals surface area contributed by atoms with Gasteiger partial charge in [0.15, 0.2) is 0 Å². The second-order valence-electron chi connectivity index (χ2n) is 5.96. The van der Waals surface area contributed by atoms with Crippen LogP contribution in [0, 0.1) is 0 Å². The molecule has 7 heteroatoms. The molecule has 1 heterocycles. The van der Waals surface area contributed by atoms with E-state index < -0.39 is 0 Å². The molecule has 6 nitrogen and oxygen atoms in total. The average Bonchev–Trinajstić information content (AvgIpc) is 3.01. The smallest absolute Gasteiger partial charge is 0.325 e. The van der Waals surface area contributed by atoms with Crippen LogP contribution in [0.3, 0.4) is 0 Å². The predicted molar refractivity (Wildman–Crippen MR) is 101 cm³/mol. The van der Waals surface area contributed by atoms with Crippen molar-refractivity contribution in [3.63, 3.8) is 0 Å². The molecule has 0 radical (unpaired) electrons. The van der Waals surface area contributed by atoms with Gasteiger partial charge in [0.1, 0.15) is 12.3 Å². The van der Waals surface area contributed by atoms with Gasteiger partial charge in [0.05, 0.1) is 7.11 Å². The molecule has 2 aromatic rings. The number of methoxy groups -OCH3 is 1. The van der Waals surface area contributed by atoms with E-state index >= 15 is 0 Å². The summed E-state index contributed by atoms with van der Waals surface area (Å²) >= 11 is 5.88. The van der Waals surface area contributed by atoms with Crippen LogP contribution in [0.5, 0.6) is 5.75 Å². The maximum Gasteiger partial charge on any atom is 0.325 e. The number of anilines is 1. The highest BCUT2D eigenvalue weighted by molar-refractivity contribution is 6.30. The Kier molecular flexibility index (Phi) is 5.63. The molecule has 26 heavy (non-hydrogen) atoms. The molecule has 0 aromatic heterocycles. The molecule has 0 unspecified atom stereocenters. The Morgan fingerprint density at radius 3 is 2.69 bits per heavy atom. The average molecular weight is 374 g/mol. The quantitative estimate of drug-likeness (QED) is 0.846. The lowest BCUT2D eigenvalue weighted by molar-refractivity contribution is -0.121. The van der Waals surface area contributed by atoms with Crippen molar-refractivity contribution in [3.05, 3.63) is 59.1 Å². The molecule has 3 amide bonds. The Balaban J connectivity index is 1.53. The van der Waals surface area contributed by atoms with Gasteiger partial charge in [-0.15, -0.1) is 0 Å². The maximum atomic E-state index is 12.5. The van der Waals surface area contributed by atoms with Crippen molar-refractivity contribution < 1.29 is 14.3 Å². The van der Waals surface area contributed by atoms with Gasteiger partial charge in [-0.2, -0.15) is 0 Å². The molecular formula is C19H20ClN3O3. The van der Waals surface area contributed by atoms with Crippen LogP contribution in [0.15, 0.2) is 48.5 Å². The number of amides is 3. The van der Waals surface area contributed by atoms with Crippen LogP contribution < -0.4 is 15.0 Å².